The fourth-order valence-electron chi connectivity index (χ4n) is 1.57. The maximum atomic E-state index is 12.8. The van der Waals surface area contributed by atoms with Crippen molar-refractivity contribution in [1.29, 1.82) is 0 Å². The van der Waals surface area contributed by atoms with Crippen LogP contribution in [0.2, 0.25) is 0 Å². The van der Waals surface area contributed by atoms with Gasteiger partial charge in [0.25, 0.3) is 10.0 Å². The minimum absolute atomic E-state index is 0.0311. The SMILES string of the molecule is Cc1cc(S(=O)(=O)Nc2nc(C(C)C)ns2)c(C(F)(F)F)o1. The van der Waals surface area contributed by atoms with E-state index in [-0.39, 0.29) is 16.8 Å². The Morgan fingerprint density at radius 1 is 1.36 bits per heavy atom. The third kappa shape index (κ3) is 3.40. The number of aromatic nitrogens is 2. The summed E-state index contributed by atoms with van der Waals surface area (Å²) >= 11 is 0.756. The Hall–Kier alpha value is -1.62. The van der Waals surface area contributed by atoms with Crippen LogP contribution in [0.1, 0.15) is 37.1 Å². The van der Waals surface area contributed by atoms with Crippen molar-refractivity contribution in [1.82, 2.24) is 9.36 Å². The van der Waals surface area contributed by atoms with Gasteiger partial charge in [0.1, 0.15) is 16.5 Å². The Balaban J connectivity index is 2.38. The zero-order valence-electron chi connectivity index (χ0n) is 11.7. The maximum Gasteiger partial charge on any atom is 0.450 e. The summed E-state index contributed by atoms with van der Waals surface area (Å²) in [7, 11) is -4.47. The van der Waals surface area contributed by atoms with E-state index in [0.29, 0.717) is 5.82 Å². The molecule has 0 saturated heterocycles. The second-order valence-electron chi connectivity index (χ2n) is 4.77. The molecule has 0 atom stereocenters. The van der Waals surface area contributed by atoms with Crippen LogP contribution in [0, 0.1) is 6.92 Å². The van der Waals surface area contributed by atoms with Crippen LogP contribution in [-0.2, 0) is 16.2 Å². The molecule has 2 rings (SSSR count). The normalized spacial score (nSPS) is 12.9. The van der Waals surface area contributed by atoms with Crippen LogP contribution in [0.15, 0.2) is 15.4 Å². The van der Waals surface area contributed by atoms with Crippen LogP contribution >= 0.6 is 11.5 Å². The average Bonchev–Trinajstić information content (AvgIpc) is 2.94. The Kier molecular flexibility index (Phi) is 4.22. The lowest BCUT2D eigenvalue weighted by Crippen LogP contribution is -2.17. The molecule has 0 fully saturated rings. The van der Waals surface area contributed by atoms with Gasteiger partial charge in [-0.15, -0.1) is 0 Å². The molecule has 22 heavy (non-hydrogen) atoms. The molecule has 0 spiro atoms. The average molecular weight is 355 g/mol. The van der Waals surface area contributed by atoms with Gasteiger partial charge >= 0.3 is 6.18 Å². The Labute approximate surface area is 128 Å². The molecule has 1 N–H and O–H groups in total. The molecule has 0 aliphatic heterocycles. The standard InChI is InChI=1S/C11H12F3N3O3S2/c1-5(2)9-15-10(21-16-9)17-22(18,19)7-4-6(3)20-8(7)11(12,13)14/h4-5H,1-3H3,(H,15,16,17). The Morgan fingerprint density at radius 2 is 2.00 bits per heavy atom. The van der Waals surface area contributed by atoms with E-state index in [1.54, 1.807) is 0 Å². The second-order valence-corrected chi connectivity index (χ2v) is 7.17. The van der Waals surface area contributed by atoms with E-state index in [1.807, 2.05) is 18.6 Å². The van der Waals surface area contributed by atoms with Crippen LogP contribution in [-0.4, -0.2) is 17.8 Å². The number of furan rings is 1. The van der Waals surface area contributed by atoms with Crippen LogP contribution in [0.3, 0.4) is 0 Å². The molecule has 0 aliphatic carbocycles. The molecule has 0 bridgehead atoms. The molecule has 2 heterocycles. The first kappa shape index (κ1) is 16.7. The molecule has 6 nitrogen and oxygen atoms in total. The third-order valence-corrected chi connectivity index (χ3v) is 4.67. The van der Waals surface area contributed by atoms with E-state index < -0.39 is 26.9 Å². The molecule has 0 amide bonds. The minimum atomic E-state index is -4.91. The molecule has 2 aromatic heterocycles. The summed E-state index contributed by atoms with van der Waals surface area (Å²) in [6.07, 6.45) is -4.91. The predicted molar refractivity (Wildman–Crippen MR) is 73.3 cm³/mol. The van der Waals surface area contributed by atoms with Gasteiger partial charge in [0.05, 0.1) is 0 Å². The fraction of sp³-hybridized carbons (Fsp3) is 0.455. The van der Waals surface area contributed by atoms with Gasteiger partial charge in [-0.3, -0.25) is 4.72 Å². The first-order valence-corrected chi connectivity index (χ1v) is 8.30. The Morgan fingerprint density at radius 3 is 2.50 bits per heavy atom. The van der Waals surface area contributed by atoms with Crippen molar-refractivity contribution in [2.75, 3.05) is 4.72 Å². The second kappa shape index (κ2) is 5.54. The van der Waals surface area contributed by atoms with Crippen LogP contribution in [0.5, 0.6) is 0 Å². The van der Waals surface area contributed by atoms with Crippen molar-refractivity contribution in [3.05, 3.63) is 23.4 Å². The van der Waals surface area contributed by atoms with E-state index >= 15 is 0 Å². The van der Waals surface area contributed by atoms with Crippen molar-refractivity contribution in [3.8, 4) is 0 Å². The van der Waals surface area contributed by atoms with Gasteiger partial charge in [-0.05, 0) is 6.92 Å². The number of aryl methyl sites for hydroxylation is 1. The molecule has 122 valence electrons. The zero-order chi connectivity index (χ0) is 16.7. The topological polar surface area (TPSA) is 85.1 Å². The minimum Gasteiger partial charge on any atom is -0.455 e. The summed E-state index contributed by atoms with van der Waals surface area (Å²) < 4.78 is 73.1. The summed E-state index contributed by atoms with van der Waals surface area (Å²) in [5, 5.41) is -0.101. The summed E-state index contributed by atoms with van der Waals surface area (Å²) in [5.74, 6) is -1.35. The number of anilines is 1. The van der Waals surface area contributed by atoms with Crippen LogP contribution < -0.4 is 4.72 Å². The number of hydrogen-bond donors (Lipinski definition) is 1. The van der Waals surface area contributed by atoms with Gasteiger partial charge in [-0.25, -0.2) is 13.4 Å². The van der Waals surface area contributed by atoms with Gasteiger partial charge in [0.15, 0.2) is 0 Å². The number of halogens is 3. The number of rotatable bonds is 4. The van der Waals surface area contributed by atoms with Crippen molar-refractivity contribution in [3.63, 3.8) is 0 Å². The Bertz CT molecular complexity index is 778. The number of nitrogens with zero attached hydrogens (tertiary/aromatic N) is 2. The highest BCUT2D eigenvalue weighted by Gasteiger charge is 2.42. The van der Waals surface area contributed by atoms with Crippen molar-refractivity contribution < 1.29 is 26.0 Å². The highest BCUT2D eigenvalue weighted by molar-refractivity contribution is 7.93. The molecular weight excluding hydrogens is 343 g/mol. The van der Waals surface area contributed by atoms with E-state index in [4.69, 9.17) is 0 Å². The quantitative estimate of drug-likeness (QED) is 0.909. The number of sulfonamides is 1. The predicted octanol–water partition coefficient (Wildman–Crippen LogP) is 3.38. The first-order valence-electron chi connectivity index (χ1n) is 6.05. The van der Waals surface area contributed by atoms with E-state index in [2.05, 4.69) is 13.8 Å². The summed E-state index contributed by atoms with van der Waals surface area (Å²) in [6.45, 7) is 4.85. The third-order valence-electron chi connectivity index (χ3n) is 2.55. The van der Waals surface area contributed by atoms with Gasteiger partial charge in [-0.1, -0.05) is 13.8 Å². The number of nitrogens with one attached hydrogen (secondary N) is 1. The van der Waals surface area contributed by atoms with Gasteiger partial charge in [0, 0.05) is 23.5 Å². The van der Waals surface area contributed by atoms with Crippen LogP contribution in [0.25, 0.3) is 0 Å². The molecule has 0 radical (unpaired) electrons. The highest BCUT2D eigenvalue weighted by Crippen LogP contribution is 2.37. The number of hydrogen-bond acceptors (Lipinski definition) is 6. The zero-order valence-corrected chi connectivity index (χ0v) is 13.4. The fourth-order valence-corrected chi connectivity index (χ4v) is 3.72. The van der Waals surface area contributed by atoms with Gasteiger partial charge < -0.3 is 4.42 Å². The molecule has 11 heteroatoms. The first-order chi connectivity index (χ1) is 10.0. The highest BCUT2D eigenvalue weighted by atomic mass is 32.2. The van der Waals surface area contributed by atoms with Crippen molar-refractivity contribution in [2.45, 2.75) is 37.8 Å². The van der Waals surface area contributed by atoms with Gasteiger partial charge in [0.2, 0.25) is 10.9 Å². The van der Waals surface area contributed by atoms with Crippen molar-refractivity contribution in [2.24, 2.45) is 0 Å². The van der Waals surface area contributed by atoms with Gasteiger partial charge in [-0.2, -0.15) is 17.5 Å². The summed E-state index contributed by atoms with van der Waals surface area (Å²) in [5.41, 5.74) is 0. The van der Waals surface area contributed by atoms with E-state index in [9.17, 15) is 21.6 Å². The molecule has 2 aromatic rings. The van der Waals surface area contributed by atoms with Crippen LogP contribution in [0.4, 0.5) is 18.3 Å². The number of alkyl halides is 3. The lowest BCUT2D eigenvalue weighted by molar-refractivity contribution is -0.155. The molecule has 0 aromatic carbocycles. The molecule has 0 aliphatic rings. The lowest BCUT2D eigenvalue weighted by atomic mass is 10.2. The maximum absolute atomic E-state index is 12.8. The summed E-state index contributed by atoms with van der Waals surface area (Å²) in [6, 6.07) is 0.815. The smallest absolute Gasteiger partial charge is 0.450 e. The monoisotopic (exact) mass is 355 g/mol. The molecular formula is C11H12F3N3O3S2. The van der Waals surface area contributed by atoms with E-state index in [1.165, 1.54) is 6.92 Å². The largest absolute Gasteiger partial charge is 0.455 e. The molecule has 0 unspecified atom stereocenters. The van der Waals surface area contributed by atoms with E-state index in [0.717, 1.165) is 17.6 Å². The summed E-state index contributed by atoms with van der Waals surface area (Å²) in [4.78, 5) is 2.95. The lowest BCUT2D eigenvalue weighted by Gasteiger charge is -2.07. The molecule has 0 saturated carbocycles. The van der Waals surface area contributed by atoms with Crippen molar-refractivity contribution >= 4 is 26.7 Å².